The molecule has 0 bridgehead atoms. The summed E-state index contributed by atoms with van der Waals surface area (Å²) in [4.78, 5) is 12.2. The molecule has 0 radical (unpaired) electrons. The number of carbonyl (C=O) groups is 1. The lowest BCUT2D eigenvalue weighted by Crippen LogP contribution is -2.25. The van der Waals surface area contributed by atoms with Gasteiger partial charge in [-0.1, -0.05) is 18.1 Å². The topological polar surface area (TPSA) is 65.0 Å². The molecule has 24 heavy (non-hydrogen) atoms. The zero-order valence-corrected chi connectivity index (χ0v) is 14.4. The minimum atomic E-state index is -0.174. The van der Waals surface area contributed by atoms with Crippen LogP contribution in [-0.2, 0) is 9.53 Å². The summed E-state index contributed by atoms with van der Waals surface area (Å²) in [6, 6.07) is 3.49. The zero-order chi connectivity index (χ0) is 17.3. The average molecular weight is 332 g/mol. The fourth-order valence-corrected chi connectivity index (χ4v) is 3.85. The fourth-order valence-electron chi connectivity index (χ4n) is 3.85. The van der Waals surface area contributed by atoms with Crippen molar-refractivity contribution in [1.82, 2.24) is 0 Å². The number of hydrogen-bond acceptors (Lipinski definition) is 5. The first kappa shape index (κ1) is 16.7. The van der Waals surface area contributed by atoms with Gasteiger partial charge in [-0.2, -0.15) is 0 Å². The standard InChI is InChI=1S/C19H24O5/c1-4-12-11(3)13(19(21)22-5-2)6-7-14(12)15-8-17-18(9-16(15)20)24-10-23-17/h8-9,13-14,20H,4-7,10H2,1-3H3. The van der Waals surface area contributed by atoms with Crippen molar-refractivity contribution >= 4 is 5.97 Å². The Kier molecular flexibility index (Phi) is 4.69. The van der Waals surface area contributed by atoms with Crippen LogP contribution in [0.25, 0.3) is 0 Å². The second kappa shape index (κ2) is 6.75. The third-order valence-corrected chi connectivity index (χ3v) is 5.04. The molecule has 5 nitrogen and oxygen atoms in total. The van der Waals surface area contributed by atoms with E-state index in [1.54, 1.807) is 6.07 Å². The molecule has 2 atom stereocenters. The lowest BCUT2D eigenvalue weighted by molar-refractivity contribution is -0.147. The molecule has 2 unspecified atom stereocenters. The minimum Gasteiger partial charge on any atom is -0.508 e. The van der Waals surface area contributed by atoms with Gasteiger partial charge >= 0.3 is 5.97 Å². The number of aromatic hydroxyl groups is 1. The number of esters is 1. The summed E-state index contributed by atoms with van der Waals surface area (Å²) in [5, 5.41) is 10.4. The molecule has 5 heteroatoms. The normalized spacial score (nSPS) is 22.6. The number of fused-ring (bicyclic) bond motifs is 1. The molecular formula is C19H24O5. The van der Waals surface area contributed by atoms with Gasteiger partial charge in [0.15, 0.2) is 11.5 Å². The number of benzene rings is 1. The summed E-state index contributed by atoms with van der Waals surface area (Å²) in [5.41, 5.74) is 3.12. The van der Waals surface area contributed by atoms with E-state index in [2.05, 4.69) is 6.92 Å². The van der Waals surface area contributed by atoms with Crippen molar-refractivity contribution < 1.29 is 24.1 Å². The SMILES string of the molecule is CCOC(=O)C1CCC(c2cc3c(cc2O)OCO3)C(CC)=C1C. The monoisotopic (exact) mass is 332 g/mol. The number of ether oxygens (including phenoxy) is 3. The lowest BCUT2D eigenvalue weighted by atomic mass is 9.73. The number of phenolic OH excluding ortho intramolecular Hbond substituents is 1. The smallest absolute Gasteiger partial charge is 0.313 e. The van der Waals surface area contributed by atoms with E-state index >= 15 is 0 Å². The predicted octanol–water partition coefficient (Wildman–Crippen LogP) is 3.90. The molecule has 2 aliphatic rings. The Labute approximate surface area is 142 Å². The van der Waals surface area contributed by atoms with E-state index in [-0.39, 0.29) is 30.3 Å². The molecule has 130 valence electrons. The van der Waals surface area contributed by atoms with Gasteiger partial charge in [-0.05, 0) is 39.2 Å². The summed E-state index contributed by atoms with van der Waals surface area (Å²) in [7, 11) is 0. The van der Waals surface area contributed by atoms with Crippen molar-refractivity contribution in [2.24, 2.45) is 5.92 Å². The van der Waals surface area contributed by atoms with Crippen LogP contribution >= 0.6 is 0 Å². The van der Waals surface area contributed by atoms with Crippen LogP contribution < -0.4 is 9.47 Å². The molecule has 1 N–H and O–H groups in total. The molecule has 1 heterocycles. The highest BCUT2D eigenvalue weighted by Crippen LogP contribution is 2.48. The van der Waals surface area contributed by atoms with Crippen LogP contribution in [0.4, 0.5) is 0 Å². The highest BCUT2D eigenvalue weighted by molar-refractivity contribution is 5.76. The van der Waals surface area contributed by atoms with E-state index < -0.39 is 0 Å². The van der Waals surface area contributed by atoms with Crippen LogP contribution in [0.5, 0.6) is 17.2 Å². The maximum Gasteiger partial charge on any atom is 0.313 e. The second-order valence-corrected chi connectivity index (χ2v) is 6.26. The highest BCUT2D eigenvalue weighted by atomic mass is 16.7. The van der Waals surface area contributed by atoms with Gasteiger partial charge < -0.3 is 19.3 Å². The van der Waals surface area contributed by atoms with Crippen molar-refractivity contribution in [1.29, 1.82) is 0 Å². The van der Waals surface area contributed by atoms with E-state index in [1.165, 1.54) is 5.57 Å². The van der Waals surface area contributed by atoms with E-state index in [0.717, 1.165) is 30.4 Å². The van der Waals surface area contributed by atoms with Crippen LogP contribution in [0, 0.1) is 5.92 Å². The van der Waals surface area contributed by atoms with Gasteiger partial charge in [0.2, 0.25) is 6.79 Å². The maximum absolute atomic E-state index is 12.2. The minimum absolute atomic E-state index is 0.0928. The van der Waals surface area contributed by atoms with Crippen molar-refractivity contribution in [2.45, 2.75) is 46.0 Å². The van der Waals surface area contributed by atoms with Crippen molar-refractivity contribution in [2.75, 3.05) is 13.4 Å². The lowest BCUT2D eigenvalue weighted by Gasteiger charge is -2.32. The second-order valence-electron chi connectivity index (χ2n) is 6.26. The number of allylic oxidation sites excluding steroid dienone is 1. The van der Waals surface area contributed by atoms with E-state index in [4.69, 9.17) is 14.2 Å². The van der Waals surface area contributed by atoms with Crippen molar-refractivity contribution in [3.8, 4) is 17.2 Å². The largest absolute Gasteiger partial charge is 0.508 e. The fraction of sp³-hybridized carbons (Fsp3) is 0.526. The van der Waals surface area contributed by atoms with Crippen LogP contribution in [0.2, 0.25) is 0 Å². The Balaban J connectivity index is 1.96. The molecule has 0 saturated carbocycles. The first-order chi connectivity index (χ1) is 11.6. The first-order valence-corrected chi connectivity index (χ1v) is 8.55. The third-order valence-electron chi connectivity index (χ3n) is 5.04. The molecule has 0 fully saturated rings. The van der Waals surface area contributed by atoms with Gasteiger partial charge in [0.25, 0.3) is 0 Å². The maximum atomic E-state index is 12.2. The number of rotatable bonds is 4. The summed E-state index contributed by atoms with van der Waals surface area (Å²) >= 11 is 0. The van der Waals surface area contributed by atoms with Gasteiger partial charge in [0.05, 0.1) is 12.5 Å². The van der Waals surface area contributed by atoms with Crippen LogP contribution in [0.3, 0.4) is 0 Å². The van der Waals surface area contributed by atoms with E-state index in [1.807, 2.05) is 19.9 Å². The van der Waals surface area contributed by atoms with Crippen LogP contribution in [0.15, 0.2) is 23.3 Å². The molecule has 1 aliphatic carbocycles. The Bertz CT molecular complexity index is 677. The molecule has 0 saturated heterocycles. The quantitative estimate of drug-likeness (QED) is 0.669. The van der Waals surface area contributed by atoms with Crippen molar-refractivity contribution in [3.05, 3.63) is 28.8 Å². The molecule has 1 aromatic carbocycles. The van der Waals surface area contributed by atoms with Gasteiger partial charge in [-0.3, -0.25) is 4.79 Å². The van der Waals surface area contributed by atoms with Crippen LogP contribution in [0.1, 0.15) is 51.5 Å². The van der Waals surface area contributed by atoms with Crippen molar-refractivity contribution in [3.63, 3.8) is 0 Å². The molecule has 3 rings (SSSR count). The summed E-state index contributed by atoms with van der Waals surface area (Å²) in [5.74, 6) is 1.24. The Hall–Kier alpha value is -2.17. The summed E-state index contributed by atoms with van der Waals surface area (Å²) in [6.45, 7) is 6.51. The molecule has 0 spiro atoms. The Morgan fingerprint density at radius 3 is 2.62 bits per heavy atom. The molecule has 1 aliphatic heterocycles. The van der Waals surface area contributed by atoms with E-state index in [0.29, 0.717) is 18.1 Å². The van der Waals surface area contributed by atoms with Gasteiger partial charge in [-0.25, -0.2) is 0 Å². The summed E-state index contributed by atoms with van der Waals surface area (Å²) in [6.07, 6.45) is 2.37. The first-order valence-electron chi connectivity index (χ1n) is 8.55. The molecule has 1 aromatic rings. The zero-order valence-electron chi connectivity index (χ0n) is 14.4. The molecule has 0 amide bonds. The van der Waals surface area contributed by atoms with Gasteiger partial charge in [0, 0.05) is 17.5 Å². The Morgan fingerprint density at radius 1 is 1.25 bits per heavy atom. The predicted molar refractivity (Wildman–Crippen MR) is 89.3 cm³/mol. The number of carbonyl (C=O) groups excluding carboxylic acids is 1. The third kappa shape index (κ3) is 2.83. The van der Waals surface area contributed by atoms with Gasteiger partial charge in [0.1, 0.15) is 5.75 Å². The van der Waals surface area contributed by atoms with E-state index in [9.17, 15) is 9.90 Å². The molecule has 0 aromatic heterocycles. The number of phenols is 1. The number of hydrogen-bond donors (Lipinski definition) is 1. The van der Waals surface area contributed by atoms with Crippen LogP contribution in [-0.4, -0.2) is 24.5 Å². The highest BCUT2D eigenvalue weighted by Gasteiger charge is 2.34. The average Bonchev–Trinajstić information content (AvgIpc) is 3.01. The van der Waals surface area contributed by atoms with Gasteiger partial charge in [-0.15, -0.1) is 0 Å². The summed E-state index contributed by atoms with van der Waals surface area (Å²) < 4.78 is 16.0. The molecular weight excluding hydrogens is 308 g/mol. The Morgan fingerprint density at radius 2 is 1.96 bits per heavy atom.